The molecule has 136 valence electrons. The molecule has 0 aliphatic heterocycles. The maximum Gasteiger partial charge on any atom is 0.315 e. The smallest absolute Gasteiger partial charge is 0.315 e. The Balaban J connectivity index is 1.98. The molecule has 0 radical (unpaired) electrons. The molecule has 1 aromatic heterocycles. The maximum atomic E-state index is 12.3. The molecule has 2 unspecified atom stereocenters. The number of rotatable bonds is 6. The highest BCUT2D eigenvalue weighted by Crippen LogP contribution is 2.23. The third kappa shape index (κ3) is 4.39. The quantitative estimate of drug-likeness (QED) is 0.754. The molecule has 6 nitrogen and oxygen atoms in total. The van der Waals surface area contributed by atoms with Gasteiger partial charge in [0.25, 0.3) is 0 Å². The molecular weight excluding hydrogens is 316 g/mol. The number of aliphatic hydroxyl groups excluding tert-OH is 1. The summed E-state index contributed by atoms with van der Waals surface area (Å²) in [5.74, 6) is 0. The largest absolute Gasteiger partial charge is 0.387 e. The normalized spacial score (nSPS) is 13.4. The van der Waals surface area contributed by atoms with Gasteiger partial charge in [0, 0.05) is 24.8 Å². The van der Waals surface area contributed by atoms with Crippen LogP contribution in [0.1, 0.15) is 53.6 Å². The molecule has 0 spiro atoms. The first-order chi connectivity index (χ1) is 11.8. The topological polar surface area (TPSA) is 79.2 Å². The molecule has 25 heavy (non-hydrogen) atoms. The van der Waals surface area contributed by atoms with E-state index in [2.05, 4.69) is 15.7 Å². The second-order valence-corrected chi connectivity index (χ2v) is 6.40. The van der Waals surface area contributed by atoms with E-state index in [4.69, 9.17) is 0 Å². The summed E-state index contributed by atoms with van der Waals surface area (Å²) in [5.41, 5.74) is 4.86. The van der Waals surface area contributed by atoms with Gasteiger partial charge in [0.05, 0.1) is 17.8 Å². The SMILES string of the molecule is CCC(NC(=O)NCC(O)c1ccccc1C)c1c(C)nn(C)c1C. The van der Waals surface area contributed by atoms with Crippen molar-refractivity contribution in [2.75, 3.05) is 6.54 Å². The van der Waals surface area contributed by atoms with E-state index in [0.717, 1.165) is 34.5 Å². The van der Waals surface area contributed by atoms with Gasteiger partial charge in [-0.15, -0.1) is 0 Å². The molecule has 2 atom stereocenters. The number of carbonyl (C=O) groups is 1. The Labute approximate surface area is 149 Å². The van der Waals surface area contributed by atoms with Crippen molar-refractivity contribution in [3.8, 4) is 0 Å². The molecule has 0 aliphatic carbocycles. The van der Waals surface area contributed by atoms with Gasteiger partial charge in [-0.25, -0.2) is 4.79 Å². The third-order valence-electron chi connectivity index (χ3n) is 4.63. The Bertz CT molecular complexity index is 739. The fourth-order valence-corrected chi connectivity index (χ4v) is 3.14. The van der Waals surface area contributed by atoms with E-state index >= 15 is 0 Å². The predicted molar refractivity (Wildman–Crippen MR) is 98.4 cm³/mol. The zero-order valence-electron chi connectivity index (χ0n) is 15.6. The first-order valence-corrected chi connectivity index (χ1v) is 8.63. The number of hydrogen-bond donors (Lipinski definition) is 3. The van der Waals surface area contributed by atoms with Crippen LogP contribution in [-0.4, -0.2) is 27.5 Å². The second-order valence-electron chi connectivity index (χ2n) is 6.40. The van der Waals surface area contributed by atoms with Crippen LogP contribution in [0.3, 0.4) is 0 Å². The Kier molecular flexibility index (Phi) is 6.20. The minimum Gasteiger partial charge on any atom is -0.387 e. The van der Waals surface area contributed by atoms with Crippen molar-refractivity contribution >= 4 is 6.03 Å². The number of aromatic nitrogens is 2. The van der Waals surface area contributed by atoms with Crippen molar-refractivity contribution in [2.24, 2.45) is 7.05 Å². The summed E-state index contributed by atoms with van der Waals surface area (Å²) in [5, 5.41) is 20.5. The molecule has 1 heterocycles. The molecule has 3 N–H and O–H groups in total. The number of benzene rings is 1. The highest BCUT2D eigenvalue weighted by molar-refractivity contribution is 5.74. The Morgan fingerprint density at radius 2 is 1.96 bits per heavy atom. The summed E-state index contributed by atoms with van der Waals surface area (Å²) in [6.45, 7) is 8.09. The van der Waals surface area contributed by atoms with Gasteiger partial charge in [-0.1, -0.05) is 31.2 Å². The first-order valence-electron chi connectivity index (χ1n) is 8.63. The van der Waals surface area contributed by atoms with Crippen molar-refractivity contribution in [1.82, 2.24) is 20.4 Å². The molecule has 2 rings (SSSR count). The van der Waals surface area contributed by atoms with E-state index in [0.29, 0.717) is 0 Å². The van der Waals surface area contributed by atoms with Crippen LogP contribution in [0.4, 0.5) is 4.79 Å². The fourth-order valence-electron chi connectivity index (χ4n) is 3.14. The van der Waals surface area contributed by atoms with Crippen molar-refractivity contribution in [3.63, 3.8) is 0 Å². The van der Waals surface area contributed by atoms with E-state index in [1.165, 1.54) is 0 Å². The standard InChI is InChI=1S/C19H28N4O2/c1-6-16(18-13(3)22-23(5)14(18)4)21-19(25)20-11-17(24)15-10-8-7-9-12(15)2/h7-10,16-17,24H,6,11H2,1-5H3,(H2,20,21,25). The predicted octanol–water partition coefficient (Wildman–Crippen LogP) is 2.83. The molecular formula is C19H28N4O2. The van der Waals surface area contributed by atoms with Crippen LogP contribution in [0, 0.1) is 20.8 Å². The summed E-state index contributed by atoms with van der Waals surface area (Å²) < 4.78 is 1.83. The molecule has 0 saturated heterocycles. The zero-order valence-corrected chi connectivity index (χ0v) is 15.6. The number of aryl methyl sites for hydroxylation is 3. The van der Waals surface area contributed by atoms with Crippen LogP contribution >= 0.6 is 0 Å². The van der Waals surface area contributed by atoms with Gasteiger partial charge in [0.1, 0.15) is 0 Å². The van der Waals surface area contributed by atoms with Gasteiger partial charge in [-0.3, -0.25) is 4.68 Å². The highest BCUT2D eigenvalue weighted by atomic mass is 16.3. The molecule has 0 saturated carbocycles. The van der Waals surface area contributed by atoms with Crippen LogP contribution in [0.5, 0.6) is 0 Å². The van der Waals surface area contributed by atoms with Crippen LogP contribution in [0.25, 0.3) is 0 Å². The van der Waals surface area contributed by atoms with Gasteiger partial charge in [-0.2, -0.15) is 5.10 Å². The minimum absolute atomic E-state index is 0.107. The van der Waals surface area contributed by atoms with E-state index in [-0.39, 0.29) is 18.6 Å². The number of hydrogen-bond acceptors (Lipinski definition) is 3. The first kappa shape index (κ1) is 19.0. The lowest BCUT2D eigenvalue weighted by atomic mass is 10.0. The number of amides is 2. The van der Waals surface area contributed by atoms with E-state index < -0.39 is 6.10 Å². The lowest BCUT2D eigenvalue weighted by Gasteiger charge is -2.20. The lowest BCUT2D eigenvalue weighted by molar-refractivity contribution is 0.172. The molecule has 6 heteroatoms. The summed E-state index contributed by atoms with van der Waals surface area (Å²) >= 11 is 0. The minimum atomic E-state index is -0.728. The maximum absolute atomic E-state index is 12.3. The highest BCUT2D eigenvalue weighted by Gasteiger charge is 2.21. The number of carbonyl (C=O) groups excluding carboxylic acids is 1. The summed E-state index contributed by atoms with van der Waals surface area (Å²) in [4.78, 5) is 12.3. The van der Waals surface area contributed by atoms with Crippen LogP contribution < -0.4 is 10.6 Å². The zero-order chi connectivity index (χ0) is 18.6. The molecule has 2 amide bonds. The van der Waals surface area contributed by atoms with Gasteiger partial charge < -0.3 is 15.7 Å². The Hall–Kier alpha value is -2.34. The van der Waals surface area contributed by atoms with Gasteiger partial charge in [-0.05, 0) is 38.3 Å². The summed E-state index contributed by atoms with van der Waals surface area (Å²) in [6.07, 6.45) is 0.0371. The van der Waals surface area contributed by atoms with Crippen molar-refractivity contribution in [2.45, 2.75) is 46.3 Å². The number of nitrogens with zero attached hydrogens (tertiary/aromatic N) is 2. The molecule has 0 bridgehead atoms. The van der Waals surface area contributed by atoms with Gasteiger partial charge in [0.15, 0.2) is 0 Å². The molecule has 1 aromatic carbocycles. The van der Waals surface area contributed by atoms with Crippen molar-refractivity contribution in [3.05, 3.63) is 52.3 Å². The number of aliphatic hydroxyl groups is 1. The van der Waals surface area contributed by atoms with E-state index in [1.807, 2.05) is 63.7 Å². The van der Waals surface area contributed by atoms with Crippen LogP contribution in [0.15, 0.2) is 24.3 Å². The monoisotopic (exact) mass is 344 g/mol. The molecule has 2 aromatic rings. The molecule has 0 aliphatic rings. The van der Waals surface area contributed by atoms with Gasteiger partial charge >= 0.3 is 6.03 Å². The Morgan fingerprint density at radius 3 is 2.52 bits per heavy atom. The number of nitrogens with one attached hydrogen (secondary N) is 2. The van der Waals surface area contributed by atoms with Crippen LogP contribution in [0.2, 0.25) is 0 Å². The average molecular weight is 344 g/mol. The second kappa shape index (κ2) is 8.16. The summed E-state index contributed by atoms with van der Waals surface area (Å²) in [7, 11) is 1.90. The van der Waals surface area contributed by atoms with Crippen LogP contribution in [-0.2, 0) is 7.05 Å². The van der Waals surface area contributed by atoms with E-state index in [9.17, 15) is 9.90 Å². The van der Waals surface area contributed by atoms with Crippen molar-refractivity contribution in [1.29, 1.82) is 0 Å². The lowest BCUT2D eigenvalue weighted by Crippen LogP contribution is -2.40. The summed E-state index contributed by atoms with van der Waals surface area (Å²) in [6, 6.07) is 7.23. The Morgan fingerprint density at radius 1 is 1.28 bits per heavy atom. The third-order valence-corrected chi connectivity index (χ3v) is 4.63. The number of urea groups is 1. The van der Waals surface area contributed by atoms with Gasteiger partial charge in [0.2, 0.25) is 0 Å². The fraction of sp³-hybridized carbons (Fsp3) is 0.474. The van der Waals surface area contributed by atoms with E-state index in [1.54, 1.807) is 0 Å². The van der Waals surface area contributed by atoms with Crippen molar-refractivity contribution < 1.29 is 9.90 Å². The molecule has 0 fully saturated rings. The average Bonchev–Trinajstić information content (AvgIpc) is 2.83.